The summed E-state index contributed by atoms with van der Waals surface area (Å²) in [5.41, 5.74) is 6.86. The first-order valence-electron chi connectivity index (χ1n) is 6.28. The molecule has 0 spiro atoms. The van der Waals surface area contributed by atoms with E-state index in [1.54, 1.807) is 0 Å². The van der Waals surface area contributed by atoms with Crippen LogP contribution in [0, 0.1) is 5.92 Å². The first-order valence-corrected chi connectivity index (χ1v) is 7.16. The van der Waals surface area contributed by atoms with Crippen LogP contribution >= 0.6 is 11.3 Å². The fourth-order valence-electron chi connectivity index (χ4n) is 1.38. The van der Waals surface area contributed by atoms with Gasteiger partial charge in [-0.1, -0.05) is 41.0 Å². The molecule has 0 aliphatic carbocycles. The summed E-state index contributed by atoms with van der Waals surface area (Å²) < 4.78 is 0. The Morgan fingerprint density at radius 2 is 2.17 bits per heavy atom. The van der Waals surface area contributed by atoms with Crippen LogP contribution in [0.1, 0.15) is 46.7 Å². The number of hydrogen-bond donors (Lipinski definition) is 2. The molecule has 1 rings (SSSR count). The molecule has 0 saturated heterocycles. The zero-order chi connectivity index (χ0) is 13.9. The largest absolute Gasteiger partial charge is 0.320 e. The molecule has 5 heteroatoms. The number of thiazole rings is 1. The van der Waals surface area contributed by atoms with Gasteiger partial charge in [-0.05, 0) is 5.92 Å². The number of aromatic nitrogens is 1. The molecule has 0 unspecified atom stereocenters. The van der Waals surface area contributed by atoms with Gasteiger partial charge in [-0.3, -0.25) is 4.79 Å². The zero-order valence-corrected chi connectivity index (χ0v) is 12.6. The van der Waals surface area contributed by atoms with Gasteiger partial charge in [0.1, 0.15) is 0 Å². The highest BCUT2D eigenvalue weighted by Crippen LogP contribution is 2.26. The van der Waals surface area contributed by atoms with E-state index in [4.69, 9.17) is 5.73 Å². The molecule has 0 radical (unpaired) electrons. The molecule has 0 aliphatic heterocycles. The molecule has 3 N–H and O–H groups in total. The molecular weight excluding hydrogens is 246 g/mol. The average Bonchev–Trinajstić information content (AvgIpc) is 2.75. The zero-order valence-electron chi connectivity index (χ0n) is 11.8. The quantitative estimate of drug-likeness (QED) is 0.883. The predicted molar refractivity (Wildman–Crippen MR) is 76.9 cm³/mol. The second-order valence-corrected chi connectivity index (χ2v) is 6.55. The van der Waals surface area contributed by atoms with Gasteiger partial charge >= 0.3 is 0 Å². The topological polar surface area (TPSA) is 68.0 Å². The van der Waals surface area contributed by atoms with E-state index in [1.807, 2.05) is 19.2 Å². The van der Waals surface area contributed by atoms with Crippen LogP contribution in [0.25, 0.3) is 0 Å². The smallest absolute Gasteiger partial charge is 0.243 e. The number of amides is 1. The van der Waals surface area contributed by atoms with Crippen molar-refractivity contribution < 1.29 is 4.79 Å². The van der Waals surface area contributed by atoms with Crippen molar-refractivity contribution >= 4 is 22.4 Å². The number of rotatable bonds is 4. The lowest BCUT2D eigenvalue weighted by Gasteiger charge is -2.17. The van der Waals surface area contributed by atoms with Crippen LogP contribution in [0.5, 0.6) is 0 Å². The van der Waals surface area contributed by atoms with E-state index in [0.29, 0.717) is 5.13 Å². The Balaban J connectivity index is 2.68. The number of anilines is 1. The molecule has 2 atom stereocenters. The maximum absolute atomic E-state index is 11.9. The lowest BCUT2D eigenvalue weighted by atomic mass is 9.93. The van der Waals surface area contributed by atoms with Crippen molar-refractivity contribution in [3.63, 3.8) is 0 Å². The molecule has 102 valence electrons. The highest BCUT2D eigenvalue weighted by molar-refractivity contribution is 7.13. The standard InChI is InChI=1S/C13H23N3OS/c1-6-8(2)10(14)11(17)16-12-15-9(7-18-12)13(3,4)5/h7-8,10H,6,14H2,1-5H3,(H,15,16,17)/t8-,10-/m0/s1. The molecule has 1 heterocycles. The van der Waals surface area contributed by atoms with Crippen molar-refractivity contribution in [3.05, 3.63) is 11.1 Å². The molecule has 0 aromatic carbocycles. The van der Waals surface area contributed by atoms with E-state index >= 15 is 0 Å². The number of nitrogens with zero attached hydrogens (tertiary/aromatic N) is 1. The maximum Gasteiger partial charge on any atom is 0.243 e. The third-order valence-corrected chi connectivity index (χ3v) is 3.82. The second kappa shape index (κ2) is 5.80. The van der Waals surface area contributed by atoms with Crippen LogP contribution in [0.15, 0.2) is 5.38 Å². The van der Waals surface area contributed by atoms with Gasteiger partial charge in [0.15, 0.2) is 5.13 Å². The summed E-state index contributed by atoms with van der Waals surface area (Å²) in [5, 5.41) is 5.40. The van der Waals surface area contributed by atoms with Crippen molar-refractivity contribution in [1.29, 1.82) is 0 Å². The minimum Gasteiger partial charge on any atom is -0.320 e. The number of carbonyl (C=O) groups excluding carboxylic acids is 1. The third-order valence-electron chi connectivity index (χ3n) is 3.06. The number of hydrogen-bond acceptors (Lipinski definition) is 4. The van der Waals surface area contributed by atoms with Gasteiger partial charge < -0.3 is 11.1 Å². The highest BCUT2D eigenvalue weighted by Gasteiger charge is 2.22. The number of nitrogens with one attached hydrogen (secondary N) is 1. The molecule has 1 aromatic heterocycles. The third kappa shape index (κ3) is 3.78. The van der Waals surface area contributed by atoms with Gasteiger partial charge in [0.2, 0.25) is 5.91 Å². The molecule has 0 saturated carbocycles. The van der Waals surface area contributed by atoms with E-state index in [1.165, 1.54) is 11.3 Å². The van der Waals surface area contributed by atoms with Crippen LogP contribution in [0.4, 0.5) is 5.13 Å². The van der Waals surface area contributed by atoms with Gasteiger partial charge in [0.25, 0.3) is 0 Å². The Labute approximate surface area is 113 Å². The first kappa shape index (κ1) is 15.1. The summed E-state index contributed by atoms with van der Waals surface area (Å²) in [7, 11) is 0. The Hall–Kier alpha value is -0.940. The summed E-state index contributed by atoms with van der Waals surface area (Å²) in [6.07, 6.45) is 0.889. The molecule has 1 aromatic rings. The first-order chi connectivity index (χ1) is 8.25. The summed E-state index contributed by atoms with van der Waals surface area (Å²) in [6, 6.07) is -0.475. The predicted octanol–water partition coefficient (Wildman–Crippen LogP) is 2.75. The SMILES string of the molecule is CC[C@H](C)[C@H](N)C(=O)Nc1nc(C(C)(C)C)cs1. The average molecular weight is 269 g/mol. The normalized spacial score (nSPS) is 15.2. The Kier molecular flexibility index (Phi) is 4.87. The lowest BCUT2D eigenvalue weighted by Crippen LogP contribution is -2.40. The van der Waals surface area contributed by atoms with Gasteiger partial charge in [-0.15, -0.1) is 11.3 Å². The minimum atomic E-state index is -0.475. The molecule has 0 aliphatic rings. The van der Waals surface area contributed by atoms with E-state index in [0.717, 1.165) is 12.1 Å². The van der Waals surface area contributed by atoms with E-state index in [-0.39, 0.29) is 17.2 Å². The summed E-state index contributed by atoms with van der Waals surface area (Å²) in [6.45, 7) is 10.3. The highest BCUT2D eigenvalue weighted by atomic mass is 32.1. The molecule has 4 nitrogen and oxygen atoms in total. The lowest BCUT2D eigenvalue weighted by molar-refractivity contribution is -0.118. The van der Waals surface area contributed by atoms with Crippen molar-refractivity contribution in [2.45, 2.75) is 52.5 Å². The van der Waals surface area contributed by atoms with Gasteiger partial charge in [0, 0.05) is 10.8 Å². The molecule has 0 fully saturated rings. The van der Waals surface area contributed by atoms with Crippen LogP contribution in [0.2, 0.25) is 0 Å². The van der Waals surface area contributed by atoms with Gasteiger partial charge in [0.05, 0.1) is 11.7 Å². The minimum absolute atomic E-state index is 0.00168. The van der Waals surface area contributed by atoms with Crippen molar-refractivity contribution in [1.82, 2.24) is 4.98 Å². The Bertz CT molecular complexity index is 409. The maximum atomic E-state index is 11.9. The van der Waals surface area contributed by atoms with Crippen LogP contribution in [-0.2, 0) is 10.2 Å². The van der Waals surface area contributed by atoms with Crippen LogP contribution in [-0.4, -0.2) is 16.9 Å². The van der Waals surface area contributed by atoms with E-state index in [9.17, 15) is 4.79 Å². The van der Waals surface area contributed by atoms with Crippen molar-refractivity contribution in [2.24, 2.45) is 11.7 Å². The monoisotopic (exact) mass is 269 g/mol. The fourth-order valence-corrected chi connectivity index (χ4v) is 2.32. The summed E-state index contributed by atoms with van der Waals surface area (Å²) in [4.78, 5) is 16.3. The Morgan fingerprint density at radius 1 is 1.56 bits per heavy atom. The molecule has 18 heavy (non-hydrogen) atoms. The summed E-state index contributed by atoms with van der Waals surface area (Å²) >= 11 is 1.44. The number of nitrogens with two attached hydrogens (primary N) is 1. The van der Waals surface area contributed by atoms with Gasteiger partial charge in [-0.2, -0.15) is 0 Å². The van der Waals surface area contributed by atoms with Crippen LogP contribution < -0.4 is 11.1 Å². The van der Waals surface area contributed by atoms with E-state index in [2.05, 4.69) is 31.1 Å². The second-order valence-electron chi connectivity index (χ2n) is 5.69. The number of carbonyl (C=O) groups is 1. The van der Waals surface area contributed by atoms with Crippen LogP contribution in [0.3, 0.4) is 0 Å². The summed E-state index contributed by atoms with van der Waals surface area (Å²) in [5.74, 6) is 0.0196. The van der Waals surface area contributed by atoms with Crippen molar-refractivity contribution in [2.75, 3.05) is 5.32 Å². The Morgan fingerprint density at radius 3 is 2.61 bits per heavy atom. The molecule has 1 amide bonds. The van der Waals surface area contributed by atoms with E-state index < -0.39 is 6.04 Å². The molecular formula is C13H23N3OS. The molecule has 0 bridgehead atoms. The van der Waals surface area contributed by atoms with Gasteiger partial charge in [-0.25, -0.2) is 4.98 Å². The fraction of sp³-hybridized carbons (Fsp3) is 0.692. The van der Waals surface area contributed by atoms with Crippen molar-refractivity contribution in [3.8, 4) is 0 Å².